The standard InChI is InChI=1S/C9H11ClN2O2/c10-5-1-2-6(9(13)14)7(3-5)8(12)4-11/h1-3,8H,4,11-12H2,(H,13,14). The van der Waals surface area contributed by atoms with Crippen molar-refractivity contribution >= 4 is 17.6 Å². The van der Waals surface area contributed by atoms with Gasteiger partial charge in [0.1, 0.15) is 0 Å². The molecule has 76 valence electrons. The number of benzene rings is 1. The second-order valence-electron chi connectivity index (χ2n) is 2.88. The topological polar surface area (TPSA) is 89.3 Å². The minimum absolute atomic E-state index is 0.146. The normalized spacial score (nSPS) is 12.5. The van der Waals surface area contributed by atoms with Crippen molar-refractivity contribution in [3.63, 3.8) is 0 Å². The van der Waals surface area contributed by atoms with Crippen molar-refractivity contribution in [1.82, 2.24) is 0 Å². The van der Waals surface area contributed by atoms with Crippen molar-refractivity contribution in [1.29, 1.82) is 0 Å². The van der Waals surface area contributed by atoms with Gasteiger partial charge in [0.2, 0.25) is 0 Å². The molecule has 1 unspecified atom stereocenters. The number of halogens is 1. The Morgan fingerprint density at radius 2 is 2.21 bits per heavy atom. The molecule has 14 heavy (non-hydrogen) atoms. The third-order valence-corrected chi connectivity index (χ3v) is 2.13. The van der Waals surface area contributed by atoms with Gasteiger partial charge in [-0.25, -0.2) is 4.79 Å². The summed E-state index contributed by atoms with van der Waals surface area (Å²) in [5, 5.41) is 9.31. The summed E-state index contributed by atoms with van der Waals surface area (Å²) >= 11 is 5.73. The van der Waals surface area contributed by atoms with Crippen molar-refractivity contribution in [3.05, 3.63) is 34.3 Å². The van der Waals surface area contributed by atoms with Gasteiger partial charge in [0, 0.05) is 17.6 Å². The third-order valence-electron chi connectivity index (χ3n) is 1.90. The maximum atomic E-state index is 10.8. The van der Waals surface area contributed by atoms with E-state index in [2.05, 4.69) is 0 Å². The number of carboxylic acids is 1. The number of nitrogens with two attached hydrogens (primary N) is 2. The maximum Gasteiger partial charge on any atom is 0.336 e. The van der Waals surface area contributed by atoms with Crippen LogP contribution in [0.4, 0.5) is 0 Å². The van der Waals surface area contributed by atoms with Gasteiger partial charge in [0.05, 0.1) is 5.56 Å². The van der Waals surface area contributed by atoms with E-state index in [0.717, 1.165) is 0 Å². The molecule has 0 aromatic heterocycles. The van der Waals surface area contributed by atoms with Gasteiger partial charge < -0.3 is 16.6 Å². The summed E-state index contributed by atoms with van der Waals surface area (Å²) in [7, 11) is 0. The van der Waals surface area contributed by atoms with E-state index in [9.17, 15) is 4.79 Å². The lowest BCUT2D eigenvalue weighted by molar-refractivity contribution is 0.0695. The molecule has 0 spiro atoms. The quantitative estimate of drug-likeness (QED) is 0.700. The van der Waals surface area contributed by atoms with Gasteiger partial charge in [0.15, 0.2) is 0 Å². The Labute approximate surface area is 86.5 Å². The Morgan fingerprint density at radius 1 is 1.57 bits per heavy atom. The fourth-order valence-electron chi connectivity index (χ4n) is 1.16. The molecule has 0 heterocycles. The number of carbonyl (C=O) groups is 1. The molecule has 5 N–H and O–H groups in total. The van der Waals surface area contributed by atoms with Crippen molar-refractivity contribution in [3.8, 4) is 0 Å². The lowest BCUT2D eigenvalue weighted by atomic mass is 10.0. The summed E-state index contributed by atoms with van der Waals surface area (Å²) in [5.74, 6) is -1.03. The molecule has 0 radical (unpaired) electrons. The minimum Gasteiger partial charge on any atom is -0.478 e. The SMILES string of the molecule is NCC(N)c1cc(Cl)ccc1C(=O)O. The van der Waals surface area contributed by atoms with Crippen LogP contribution in [-0.4, -0.2) is 17.6 Å². The Balaban J connectivity index is 3.22. The Morgan fingerprint density at radius 3 is 2.71 bits per heavy atom. The molecule has 0 bridgehead atoms. The summed E-state index contributed by atoms with van der Waals surface area (Å²) in [4.78, 5) is 10.8. The van der Waals surface area contributed by atoms with Crippen LogP contribution in [0.3, 0.4) is 0 Å². The van der Waals surface area contributed by atoms with Gasteiger partial charge in [0.25, 0.3) is 0 Å². The molecular weight excluding hydrogens is 204 g/mol. The van der Waals surface area contributed by atoms with Crippen LogP contribution in [-0.2, 0) is 0 Å². The highest BCUT2D eigenvalue weighted by molar-refractivity contribution is 6.30. The van der Waals surface area contributed by atoms with E-state index in [0.29, 0.717) is 10.6 Å². The molecular formula is C9H11ClN2O2. The largest absolute Gasteiger partial charge is 0.478 e. The van der Waals surface area contributed by atoms with Gasteiger partial charge >= 0.3 is 5.97 Å². The van der Waals surface area contributed by atoms with Crippen molar-refractivity contribution in [2.45, 2.75) is 6.04 Å². The van der Waals surface area contributed by atoms with Crippen LogP contribution in [0.25, 0.3) is 0 Å². The molecule has 1 aromatic rings. The average Bonchev–Trinajstić information content (AvgIpc) is 2.16. The second kappa shape index (κ2) is 4.41. The molecule has 4 nitrogen and oxygen atoms in total. The van der Waals surface area contributed by atoms with Crippen LogP contribution in [0.15, 0.2) is 18.2 Å². The van der Waals surface area contributed by atoms with E-state index in [1.54, 1.807) is 0 Å². The lowest BCUT2D eigenvalue weighted by Gasteiger charge is -2.12. The average molecular weight is 215 g/mol. The van der Waals surface area contributed by atoms with Crippen LogP contribution in [0.1, 0.15) is 22.0 Å². The van der Waals surface area contributed by atoms with Crippen molar-refractivity contribution < 1.29 is 9.90 Å². The van der Waals surface area contributed by atoms with E-state index in [4.69, 9.17) is 28.2 Å². The van der Waals surface area contributed by atoms with Crippen molar-refractivity contribution in [2.75, 3.05) is 6.54 Å². The maximum absolute atomic E-state index is 10.8. The first-order valence-electron chi connectivity index (χ1n) is 4.04. The van der Waals surface area contributed by atoms with E-state index in [-0.39, 0.29) is 12.1 Å². The zero-order valence-corrected chi connectivity index (χ0v) is 8.16. The van der Waals surface area contributed by atoms with Crippen LogP contribution in [0.5, 0.6) is 0 Å². The van der Waals surface area contributed by atoms with E-state index >= 15 is 0 Å². The first-order chi connectivity index (χ1) is 6.56. The first-order valence-corrected chi connectivity index (χ1v) is 4.42. The number of aromatic carboxylic acids is 1. The Hall–Kier alpha value is -1.10. The first kappa shape index (κ1) is 11.0. The number of carboxylic acid groups (broad SMARTS) is 1. The minimum atomic E-state index is -1.03. The fourth-order valence-corrected chi connectivity index (χ4v) is 1.34. The zero-order chi connectivity index (χ0) is 10.7. The molecule has 1 atom stereocenters. The highest BCUT2D eigenvalue weighted by atomic mass is 35.5. The molecule has 0 aliphatic carbocycles. The summed E-state index contributed by atoms with van der Waals surface area (Å²) in [5.41, 5.74) is 11.6. The molecule has 0 saturated heterocycles. The molecule has 0 saturated carbocycles. The van der Waals surface area contributed by atoms with Gasteiger partial charge in [-0.3, -0.25) is 0 Å². The number of hydrogen-bond acceptors (Lipinski definition) is 3. The highest BCUT2D eigenvalue weighted by Crippen LogP contribution is 2.20. The molecule has 5 heteroatoms. The third kappa shape index (κ3) is 2.23. The van der Waals surface area contributed by atoms with Gasteiger partial charge in [-0.15, -0.1) is 0 Å². The van der Waals surface area contributed by atoms with Gasteiger partial charge in [-0.05, 0) is 23.8 Å². The monoisotopic (exact) mass is 214 g/mol. The molecule has 0 amide bonds. The fraction of sp³-hybridized carbons (Fsp3) is 0.222. The highest BCUT2D eigenvalue weighted by Gasteiger charge is 2.14. The molecule has 1 aromatic carbocycles. The predicted molar refractivity (Wildman–Crippen MR) is 54.4 cm³/mol. The van der Waals surface area contributed by atoms with Crippen LogP contribution in [0.2, 0.25) is 5.02 Å². The van der Waals surface area contributed by atoms with Gasteiger partial charge in [-0.2, -0.15) is 0 Å². The Bertz CT molecular complexity index is 355. The number of hydrogen-bond donors (Lipinski definition) is 3. The molecule has 1 rings (SSSR count). The van der Waals surface area contributed by atoms with Gasteiger partial charge in [-0.1, -0.05) is 11.6 Å². The summed E-state index contributed by atoms with van der Waals surface area (Å²) in [6, 6.07) is 3.97. The van der Waals surface area contributed by atoms with Crippen LogP contribution < -0.4 is 11.5 Å². The molecule has 0 aliphatic heterocycles. The molecule has 0 fully saturated rings. The smallest absolute Gasteiger partial charge is 0.336 e. The van der Waals surface area contributed by atoms with Crippen LogP contribution >= 0.6 is 11.6 Å². The van der Waals surface area contributed by atoms with E-state index in [1.807, 2.05) is 0 Å². The summed E-state index contributed by atoms with van der Waals surface area (Å²) < 4.78 is 0. The summed E-state index contributed by atoms with van der Waals surface area (Å²) in [6.45, 7) is 0.181. The number of rotatable bonds is 3. The molecule has 0 aliphatic rings. The van der Waals surface area contributed by atoms with Crippen LogP contribution in [0, 0.1) is 0 Å². The zero-order valence-electron chi connectivity index (χ0n) is 7.40. The van der Waals surface area contributed by atoms with E-state index in [1.165, 1.54) is 18.2 Å². The predicted octanol–water partition coefficient (Wildman–Crippen LogP) is 0.997. The second-order valence-corrected chi connectivity index (χ2v) is 3.32. The van der Waals surface area contributed by atoms with E-state index < -0.39 is 12.0 Å². The van der Waals surface area contributed by atoms with Crippen molar-refractivity contribution in [2.24, 2.45) is 11.5 Å². The Kier molecular flexibility index (Phi) is 3.46. The lowest BCUT2D eigenvalue weighted by Crippen LogP contribution is -2.23. The summed E-state index contributed by atoms with van der Waals surface area (Å²) in [6.07, 6.45) is 0.